The molecule has 102 valence electrons. The van der Waals surface area contributed by atoms with Gasteiger partial charge in [-0.15, -0.1) is 0 Å². The molecule has 1 rings (SSSR count). The number of hydrogen-bond acceptors (Lipinski definition) is 7. The molecule has 0 aromatic rings. The summed E-state index contributed by atoms with van der Waals surface area (Å²) in [6.45, 7) is 6.62. The van der Waals surface area contributed by atoms with Crippen LogP contribution in [-0.4, -0.2) is 52.0 Å². The smallest absolute Gasteiger partial charge is 0.0781 e. The zero-order valence-electron chi connectivity index (χ0n) is 10.4. The topological polar surface area (TPSA) is 169 Å². The summed E-state index contributed by atoms with van der Waals surface area (Å²) in [4.78, 5) is 0. The lowest BCUT2D eigenvalue weighted by Crippen LogP contribution is -2.11. The molecule has 12 N–H and O–H groups in total. The van der Waals surface area contributed by atoms with Gasteiger partial charge in [0.2, 0.25) is 0 Å². The molecular weight excluding hydrogens is 208 g/mol. The van der Waals surface area contributed by atoms with Crippen LogP contribution >= 0.6 is 0 Å². The van der Waals surface area contributed by atoms with E-state index in [4.69, 9.17) is 39.1 Å². The Labute approximate surface area is 98.8 Å². The molecular formula is C9H30N6O. The Hall–Kier alpha value is -0.280. The van der Waals surface area contributed by atoms with Crippen LogP contribution in [0.5, 0.6) is 0 Å². The fraction of sp³-hybridized carbons (Fsp3) is 1.00. The molecule has 1 aliphatic rings. The second-order valence-electron chi connectivity index (χ2n) is 2.88. The van der Waals surface area contributed by atoms with Crippen LogP contribution in [0, 0.1) is 0 Å². The molecule has 0 radical (unpaired) electrons. The zero-order valence-corrected chi connectivity index (χ0v) is 10.4. The minimum atomic E-state index is 0.583. The summed E-state index contributed by atoms with van der Waals surface area (Å²) in [5, 5.41) is 0. The molecule has 0 aromatic heterocycles. The Morgan fingerprint density at radius 1 is 0.750 bits per heavy atom. The minimum absolute atomic E-state index is 0.583. The van der Waals surface area contributed by atoms with Crippen molar-refractivity contribution >= 4 is 0 Å². The predicted octanol–water partition coefficient (Wildman–Crippen LogP) is -2.88. The summed E-state index contributed by atoms with van der Waals surface area (Å²) in [6, 6.07) is 0. The van der Waals surface area contributed by atoms with Gasteiger partial charge in [0.25, 0.3) is 0 Å². The van der Waals surface area contributed by atoms with Gasteiger partial charge >= 0.3 is 0 Å². The maximum Gasteiger partial charge on any atom is 0.0781 e. The van der Waals surface area contributed by atoms with Crippen molar-refractivity contribution in [3.8, 4) is 0 Å². The second-order valence-corrected chi connectivity index (χ2v) is 2.88. The van der Waals surface area contributed by atoms with Crippen molar-refractivity contribution in [3.05, 3.63) is 0 Å². The Morgan fingerprint density at radius 3 is 0.875 bits per heavy atom. The Kier molecular flexibility index (Phi) is 31.7. The molecule has 1 unspecified atom stereocenters. The molecule has 1 heterocycles. The lowest BCUT2D eigenvalue weighted by atomic mass is 10.6. The van der Waals surface area contributed by atoms with E-state index in [0.29, 0.717) is 45.4 Å². The first-order chi connectivity index (χ1) is 7.64. The summed E-state index contributed by atoms with van der Waals surface area (Å²) in [7, 11) is 0. The van der Waals surface area contributed by atoms with Crippen LogP contribution in [-0.2, 0) is 4.74 Å². The van der Waals surface area contributed by atoms with E-state index in [1.165, 1.54) is 0 Å². The highest BCUT2D eigenvalue weighted by molar-refractivity contribution is 4.58. The molecule has 1 fully saturated rings. The number of epoxide rings is 1. The second kappa shape index (κ2) is 24.1. The zero-order chi connectivity index (χ0) is 13.2. The van der Waals surface area contributed by atoms with Gasteiger partial charge in [-0.25, -0.2) is 0 Å². The average Bonchev–Trinajstić information content (AvgIpc) is 3.12. The normalized spacial score (nSPS) is 15.6. The Balaban J connectivity index is -0.000000141. The van der Waals surface area contributed by atoms with Crippen molar-refractivity contribution < 1.29 is 4.74 Å². The van der Waals surface area contributed by atoms with Crippen LogP contribution in [0.2, 0.25) is 0 Å². The van der Waals surface area contributed by atoms with E-state index in [-0.39, 0.29) is 0 Å². The summed E-state index contributed by atoms with van der Waals surface area (Å²) in [6.07, 6.45) is 0.583. The highest BCUT2D eigenvalue weighted by Gasteiger charge is 2.13. The van der Waals surface area contributed by atoms with Gasteiger partial charge in [-0.3, -0.25) is 0 Å². The predicted molar refractivity (Wildman–Crippen MR) is 69.7 cm³/mol. The number of ether oxygens (including phenoxy) is 1. The van der Waals surface area contributed by atoms with Crippen LogP contribution in [0.15, 0.2) is 0 Å². The third-order valence-corrected chi connectivity index (χ3v) is 1.00. The Bertz CT molecular complexity index is 76.6. The van der Waals surface area contributed by atoms with Crippen molar-refractivity contribution in [2.75, 3.05) is 45.9 Å². The molecule has 0 spiro atoms. The number of rotatable bonds is 3. The average molecular weight is 238 g/mol. The molecule has 0 saturated carbocycles. The first kappa shape index (κ1) is 21.1. The minimum Gasteiger partial charge on any atom is -0.373 e. The van der Waals surface area contributed by atoms with Gasteiger partial charge in [0.05, 0.1) is 12.7 Å². The van der Waals surface area contributed by atoms with E-state index in [0.717, 1.165) is 6.61 Å². The largest absolute Gasteiger partial charge is 0.373 e. The van der Waals surface area contributed by atoms with E-state index in [9.17, 15) is 0 Å². The highest BCUT2D eigenvalue weighted by Crippen LogP contribution is 2.04. The van der Waals surface area contributed by atoms with E-state index in [1.54, 1.807) is 0 Å². The van der Waals surface area contributed by atoms with Crippen LogP contribution < -0.4 is 34.4 Å². The third-order valence-electron chi connectivity index (χ3n) is 1.00. The quantitative estimate of drug-likeness (QED) is 0.287. The molecule has 1 aliphatic heterocycles. The van der Waals surface area contributed by atoms with Crippen molar-refractivity contribution in [1.82, 2.24) is 0 Å². The first-order valence-corrected chi connectivity index (χ1v) is 5.46. The first-order valence-electron chi connectivity index (χ1n) is 5.46. The van der Waals surface area contributed by atoms with Crippen LogP contribution in [0.1, 0.15) is 6.92 Å². The lowest BCUT2D eigenvalue weighted by Gasteiger charge is -1.72. The molecule has 0 aromatic carbocycles. The Morgan fingerprint density at radius 2 is 0.875 bits per heavy atom. The molecule has 1 atom stereocenters. The molecule has 0 amide bonds. The molecule has 7 heteroatoms. The van der Waals surface area contributed by atoms with Gasteiger partial charge < -0.3 is 39.1 Å². The molecule has 0 aliphatic carbocycles. The fourth-order valence-electron chi connectivity index (χ4n) is 0.0962. The van der Waals surface area contributed by atoms with Crippen LogP contribution in [0.3, 0.4) is 0 Å². The molecule has 16 heavy (non-hydrogen) atoms. The summed E-state index contributed by atoms with van der Waals surface area (Å²) >= 11 is 0. The summed E-state index contributed by atoms with van der Waals surface area (Å²) < 4.78 is 4.71. The van der Waals surface area contributed by atoms with Crippen molar-refractivity contribution in [2.45, 2.75) is 13.0 Å². The number of nitrogens with two attached hydrogens (primary N) is 6. The van der Waals surface area contributed by atoms with Gasteiger partial charge in [-0.1, -0.05) is 0 Å². The standard InChI is InChI=1S/C3H6O.3C2H8N2/c1-3-2-4-3;3*3-1-2-4/h3H,2H2,1H3;3*1-4H2. The van der Waals surface area contributed by atoms with Gasteiger partial charge in [-0.05, 0) is 6.92 Å². The van der Waals surface area contributed by atoms with E-state index >= 15 is 0 Å². The monoisotopic (exact) mass is 238 g/mol. The van der Waals surface area contributed by atoms with Gasteiger partial charge in [0.1, 0.15) is 0 Å². The lowest BCUT2D eigenvalue weighted by molar-refractivity contribution is 0.423. The van der Waals surface area contributed by atoms with Crippen molar-refractivity contribution in [3.63, 3.8) is 0 Å². The van der Waals surface area contributed by atoms with E-state index in [2.05, 4.69) is 6.92 Å². The van der Waals surface area contributed by atoms with E-state index in [1.807, 2.05) is 0 Å². The number of hydrogen-bond donors (Lipinski definition) is 6. The molecule has 7 nitrogen and oxygen atoms in total. The molecule has 0 bridgehead atoms. The molecule has 1 saturated heterocycles. The van der Waals surface area contributed by atoms with Gasteiger partial charge in [-0.2, -0.15) is 0 Å². The maximum atomic E-state index is 4.90. The van der Waals surface area contributed by atoms with Crippen LogP contribution in [0.4, 0.5) is 0 Å². The summed E-state index contributed by atoms with van der Waals surface area (Å²) in [5.74, 6) is 0. The van der Waals surface area contributed by atoms with Crippen molar-refractivity contribution in [2.24, 2.45) is 34.4 Å². The van der Waals surface area contributed by atoms with Gasteiger partial charge in [0.15, 0.2) is 0 Å². The highest BCUT2D eigenvalue weighted by atomic mass is 16.6. The third kappa shape index (κ3) is 67.8. The van der Waals surface area contributed by atoms with Crippen LogP contribution in [0.25, 0.3) is 0 Å². The van der Waals surface area contributed by atoms with Crippen molar-refractivity contribution in [1.29, 1.82) is 0 Å². The summed E-state index contributed by atoms with van der Waals surface area (Å²) in [5.41, 5.74) is 29.4. The SMILES string of the molecule is CC1CO1.NCCN.NCCN.NCCN. The van der Waals surface area contributed by atoms with Gasteiger partial charge in [0, 0.05) is 39.3 Å². The maximum absolute atomic E-state index is 4.90. The van der Waals surface area contributed by atoms with E-state index < -0.39 is 0 Å². The fourth-order valence-corrected chi connectivity index (χ4v) is 0.0962.